The molecule has 22 heavy (non-hydrogen) atoms. The standard InChI is InChI=1S/C15H16ClN5O/c1-10(22-15-18-5-6-19-20-15)9-21-7-4-13(17)12-3-2-11(16)8-14(12)21/h2-6,8,10H,7,9,17H2,1H3. The highest BCUT2D eigenvalue weighted by Crippen LogP contribution is 2.31. The highest BCUT2D eigenvalue weighted by Gasteiger charge is 2.20. The molecular formula is C15H16ClN5O. The second-order valence-corrected chi connectivity index (χ2v) is 5.52. The second-order valence-electron chi connectivity index (χ2n) is 5.08. The first-order valence-electron chi connectivity index (χ1n) is 6.94. The van der Waals surface area contributed by atoms with Crippen molar-refractivity contribution in [3.8, 4) is 6.01 Å². The minimum Gasteiger partial charge on any atom is -0.457 e. The van der Waals surface area contributed by atoms with Gasteiger partial charge in [-0.15, -0.1) is 0 Å². The lowest BCUT2D eigenvalue weighted by Crippen LogP contribution is -2.37. The van der Waals surface area contributed by atoms with Crippen molar-refractivity contribution >= 4 is 23.0 Å². The van der Waals surface area contributed by atoms with Crippen molar-refractivity contribution in [1.29, 1.82) is 0 Å². The summed E-state index contributed by atoms with van der Waals surface area (Å²) in [4.78, 5) is 6.18. The zero-order valence-electron chi connectivity index (χ0n) is 12.1. The van der Waals surface area contributed by atoms with Gasteiger partial charge >= 0.3 is 6.01 Å². The number of ether oxygens (including phenoxy) is 1. The van der Waals surface area contributed by atoms with Crippen LogP contribution in [-0.2, 0) is 0 Å². The number of hydrogen-bond donors (Lipinski definition) is 1. The molecule has 0 spiro atoms. The molecule has 0 amide bonds. The molecule has 2 heterocycles. The molecule has 0 saturated carbocycles. The number of fused-ring (bicyclic) bond motifs is 1. The van der Waals surface area contributed by atoms with Gasteiger partial charge in [0, 0.05) is 28.5 Å². The van der Waals surface area contributed by atoms with Crippen LogP contribution in [0.5, 0.6) is 6.01 Å². The third-order valence-corrected chi connectivity index (χ3v) is 3.62. The molecule has 6 nitrogen and oxygen atoms in total. The lowest BCUT2D eigenvalue weighted by Gasteiger charge is -2.31. The number of nitrogens with zero attached hydrogens (tertiary/aromatic N) is 4. The molecular weight excluding hydrogens is 302 g/mol. The van der Waals surface area contributed by atoms with Crippen molar-refractivity contribution < 1.29 is 4.74 Å². The summed E-state index contributed by atoms with van der Waals surface area (Å²) in [6, 6.07) is 5.97. The zero-order chi connectivity index (χ0) is 15.5. The Bertz CT molecular complexity index is 692. The molecule has 1 aromatic heterocycles. The number of halogens is 1. The van der Waals surface area contributed by atoms with Gasteiger partial charge in [0.05, 0.1) is 18.9 Å². The van der Waals surface area contributed by atoms with Gasteiger partial charge in [-0.1, -0.05) is 16.7 Å². The molecule has 114 valence electrons. The van der Waals surface area contributed by atoms with E-state index in [1.54, 1.807) is 6.20 Å². The molecule has 1 aliphatic rings. The summed E-state index contributed by atoms with van der Waals surface area (Å²) >= 11 is 6.11. The fraction of sp³-hybridized carbons (Fsp3) is 0.267. The zero-order valence-corrected chi connectivity index (χ0v) is 12.9. The van der Waals surface area contributed by atoms with Gasteiger partial charge in [-0.3, -0.25) is 0 Å². The van der Waals surface area contributed by atoms with Gasteiger partial charge in [-0.25, -0.2) is 4.98 Å². The van der Waals surface area contributed by atoms with Crippen molar-refractivity contribution in [2.24, 2.45) is 5.73 Å². The first-order valence-corrected chi connectivity index (χ1v) is 7.32. The predicted molar refractivity (Wildman–Crippen MR) is 85.7 cm³/mol. The molecule has 1 unspecified atom stereocenters. The fourth-order valence-corrected chi connectivity index (χ4v) is 2.58. The van der Waals surface area contributed by atoms with Crippen LogP contribution in [0.1, 0.15) is 12.5 Å². The van der Waals surface area contributed by atoms with Crippen molar-refractivity contribution in [1.82, 2.24) is 15.2 Å². The fourth-order valence-electron chi connectivity index (χ4n) is 2.42. The topological polar surface area (TPSA) is 77.2 Å². The van der Waals surface area contributed by atoms with E-state index >= 15 is 0 Å². The quantitative estimate of drug-likeness (QED) is 0.930. The monoisotopic (exact) mass is 317 g/mol. The number of anilines is 1. The van der Waals surface area contributed by atoms with E-state index < -0.39 is 0 Å². The van der Waals surface area contributed by atoms with Crippen LogP contribution in [0.15, 0.2) is 36.7 Å². The Morgan fingerprint density at radius 3 is 3.05 bits per heavy atom. The average Bonchev–Trinajstić information content (AvgIpc) is 2.51. The number of aromatic nitrogens is 3. The van der Waals surface area contributed by atoms with E-state index in [9.17, 15) is 0 Å². The lowest BCUT2D eigenvalue weighted by atomic mass is 10.0. The Labute approximate surface area is 133 Å². The van der Waals surface area contributed by atoms with Crippen LogP contribution in [0.4, 0.5) is 5.69 Å². The SMILES string of the molecule is CC(CN1CC=C(N)c2ccc(Cl)cc21)Oc1nccnn1. The van der Waals surface area contributed by atoms with Crippen LogP contribution in [0.2, 0.25) is 5.02 Å². The van der Waals surface area contributed by atoms with Crippen molar-refractivity contribution in [3.05, 3.63) is 47.3 Å². The van der Waals surface area contributed by atoms with E-state index in [0.717, 1.165) is 16.9 Å². The van der Waals surface area contributed by atoms with Gasteiger partial charge in [0.1, 0.15) is 6.10 Å². The summed E-state index contributed by atoms with van der Waals surface area (Å²) < 4.78 is 5.68. The van der Waals surface area contributed by atoms with Gasteiger partial charge < -0.3 is 15.4 Å². The van der Waals surface area contributed by atoms with Gasteiger partial charge in [0.15, 0.2) is 0 Å². The number of nitrogens with two attached hydrogens (primary N) is 1. The molecule has 2 N–H and O–H groups in total. The van der Waals surface area contributed by atoms with Crippen molar-refractivity contribution in [2.45, 2.75) is 13.0 Å². The van der Waals surface area contributed by atoms with E-state index in [1.807, 2.05) is 31.2 Å². The Kier molecular flexibility index (Phi) is 4.11. The van der Waals surface area contributed by atoms with Crippen molar-refractivity contribution in [2.75, 3.05) is 18.0 Å². The summed E-state index contributed by atoms with van der Waals surface area (Å²) in [5.41, 5.74) is 8.81. The van der Waals surface area contributed by atoms with Crippen LogP contribution in [0.25, 0.3) is 5.70 Å². The summed E-state index contributed by atoms with van der Waals surface area (Å²) in [7, 11) is 0. The highest BCUT2D eigenvalue weighted by atomic mass is 35.5. The molecule has 0 radical (unpaired) electrons. The molecule has 0 saturated heterocycles. The maximum Gasteiger partial charge on any atom is 0.335 e. The highest BCUT2D eigenvalue weighted by molar-refractivity contribution is 6.31. The smallest absolute Gasteiger partial charge is 0.335 e. The normalized spacial score (nSPS) is 15.0. The van der Waals surface area contributed by atoms with Gasteiger partial charge in [-0.05, 0) is 31.2 Å². The molecule has 1 aliphatic heterocycles. The molecule has 1 atom stereocenters. The summed E-state index contributed by atoms with van der Waals surface area (Å²) in [5, 5.41) is 8.26. The second kappa shape index (κ2) is 6.19. The molecule has 0 bridgehead atoms. The minimum atomic E-state index is -0.108. The molecule has 0 fully saturated rings. The molecule has 2 aromatic rings. The Morgan fingerprint density at radius 1 is 1.41 bits per heavy atom. The van der Waals surface area contributed by atoms with Crippen LogP contribution in [-0.4, -0.2) is 34.4 Å². The average molecular weight is 318 g/mol. The number of hydrogen-bond acceptors (Lipinski definition) is 6. The van der Waals surface area contributed by atoms with E-state index in [0.29, 0.717) is 18.1 Å². The van der Waals surface area contributed by atoms with E-state index in [-0.39, 0.29) is 12.1 Å². The van der Waals surface area contributed by atoms with Gasteiger partial charge in [0.25, 0.3) is 0 Å². The first kappa shape index (κ1) is 14.6. The third kappa shape index (κ3) is 3.12. The van der Waals surface area contributed by atoms with Gasteiger partial charge in [-0.2, -0.15) is 5.10 Å². The third-order valence-electron chi connectivity index (χ3n) is 3.39. The molecule has 1 aromatic carbocycles. The Balaban J connectivity index is 1.75. The predicted octanol–water partition coefficient (Wildman–Crippen LogP) is 2.11. The van der Waals surface area contributed by atoms with E-state index in [4.69, 9.17) is 22.1 Å². The molecule has 3 rings (SSSR count). The largest absolute Gasteiger partial charge is 0.457 e. The van der Waals surface area contributed by atoms with E-state index in [2.05, 4.69) is 20.1 Å². The lowest BCUT2D eigenvalue weighted by molar-refractivity contribution is 0.205. The maximum atomic E-state index is 6.11. The number of rotatable bonds is 4. The summed E-state index contributed by atoms with van der Waals surface area (Å²) in [5.74, 6) is 0. The van der Waals surface area contributed by atoms with Gasteiger partial charge in [0.2, 0.25) is 0 Å². The maximum absolute atomic E-state index is 6.11. The van der Waals surface area contributed by atoms with E-state index in [1.165, 1.54) is 6.20 Å². The van der Waals surface area contributed by atoms with Crippen LogP contribution < -0.4 is 15.4 Å². The minimum absolute atomic E-state index is 0.108. The summed E-state index contributed by atoms with van der Waals surface area (Å²) in [6.45, 7) is 3.33. The van der Waals surface area contributed by atoms with Crippen LogP contribution in [0.3, 0.4) is 0 Å². The first-order chi connectivity index (χ1) is 10.6. The van der Waals surface area contributed by atoms with Crippen molar-refractivity contribution in [3.63, 3.8) is 0 Å². The molecule has 0 aliphatic carbocycles. The van der Waals surface area contributed by atoms with Crippen LogP contribution >= 0.6 is 11.6 Å². The Morgan fingerprint density at radius 2 is 2.27 bits per heavy atom. The number of benzene rings is 1. The summed E-state index contributed by atoms with van der Waals surface area (Å²) in [6.07, 6.45) is 4.94. The van der Waals surface area contributed by atoms with Crippen LogP contribution in [0, 0.1) is 0 Å². The molecule has 7 heteroatoms. The Hall–Kier alpha value is -2.34.